The maximum Gasteiger partial charge on any atom is 0.337 e. The number of ether oxygens (including phenoxy) is 3. The van der Waals surface area contributed by atoms with Crippen molar-refractivity contribution >= 4 is 45.7 Å². The lowest BCUT2D eigenvalue weighted by Gasteiger charge is -2.23. The lowest BCUT2D eigenvalue weighted by Crippen LogP contribution is -2.29. The molecule has 0 aliphatic carbocycles. The second-order valence-electron chi connectivity index (χ2n) is 8.61. The molecular weight excluding hydrogens is 512 g/mol. The molecule has 2 aliphatic rings. The topological polar surface area (TPSA) is 132 Å². The minimum atomic E-state index is -1.08. The van der Waals surface area contributed by atoms with Gasteiger partial charge < -0.3 is 19.3 Å². The highest BCUT2D eigenvalue weighted by atomic mass is 32.1. The predicted octanol–water partition coefficient (Wildman–Crippen LogP) is 3.84. The molecule has 3 aromatic rings. The number of anilines is 1. The third-order valence-corrected chi connectivity index (χ3v) is 7.48. The number of rotatable bonds is 5. The second-order valence-corrected chi connectivity index (χ2v) is 9.59. The molecule has 0 saturated carbocycles. The van der Waals surface area contributed by atoms with Gasteiger partial charge in [0.15, 0.2) is 22.4 Å². The monoisotopic (exact) mass is 534 g/mol. The number of carbonyl (C=O) groups is 4. The maximum atomic E-state index is 13.4. The van der Waals surface area contributed by atoms with Gasteiger partial charge in [0.2, 0.25) is 0 Å². The summed E-state index contributed by atoms with van der Waals surface area (Å²) in [7, 11) is 1.26. The van der Waals surface area contributed by atoms with E-state index in [-0.39, 0.29) is 27.6 Å². The van der Waals surface area contributed by atoms with Gasteiger partial charge in [0.25, 0.3) is 5.78 Å². The molecule has 1 saturated heterocycles. The van der Waals surface area contributed by atoms with Crippen LogP contribution in [0.1, 0.15) is 49.8 Å². The third-order valence-electron chi connectivity index (χ3n) is 6.22. The van der Waals surface area contributed by atoms with Gasteiger partial charge in [-0.05, 0) is 42.8 Å². The van der Waals surface area contributed by atoms with Crippen LogP contribution < -0.4 is 14.4 Å². The summed E-state index contributed by atoms with van der Waals surface area (Å²) in [6.07, 6.45) is 0. The minimum absolute atomic E-state index is 0.137. The molecule has 194 valence electrons. The van der Waals surface area contributed by atoms with Crippen LogP contribution in [0.5, 0.6) is 11.5 Å². The molecule has 1 fully saturated rings. The van der Waals surface area contributed by atoms with Gasteiger partial charge in [-0.25, -0.2) is 9.78 Å². The summed E-state index contributed by atoms with van der Waals surface area (Å²) in [6, 6.07) is 9.77. The fraction of sp³-hybridized carbons (Fsp3) is 0.222. The predicted molar refractivity (Wildman–Crippen MR) is 137 cm³/mol. The van der Waals surface area contributed by atoms with Crippen LogP contribution >= 0.6 is 11.3 Å². The Bertz CT molecular complexity index is 1520. The van der Waals surface area contributed by atoms with Crippen molar-refractivity contribution in [3.63, 3.8) is 0 Å². The largest absolute Gasteiger partial charge is 0.507 e. The summed E-state index contributed by atoms with van der Waals surface area (Å²) in [5.74, 6) is -2.12. The van der Waals surface area contributed by atoms with Crippen molar-refractivity contribution in [2.45, 2.75) is 19.9 Å². The zero-order valence-corrected chi connectivity index (χ0v) is 21.5. The van der Waals surface area contributed by atoms with Crippen molar-refractivity contribution < 1.29 is 38.5 Å². The van der Waals surface area contributed by atoms with Crippen LogP contribution in [0.15, 0.2) is 48.0 Å². The highest BCUT2D eigenvalue weighted by molar-refractivity contribution is 7.18. The molecule has 2 aliphatic heterocycles. The number of nitrogens with zero attached hydrogens (tertiary/aromatic N) is 2. The first-order chi connectivity index (χ1) is 18.2. The summed E-state index contributed by atoms with van der Waals surface area (Å²) in [5.41, 5.74) is 1.21. The number of ketones is 2. The van der Waals surface area contributed by atoms with E-state index in [1.807, 2.05) is 0 Å². The number of esters is 1. The smallest absolute Gasteiger partial charge is 0.337 e. The van der Waals surface area contributed by atoms with Gasteiger partial charge in [-0.15, -0.1) is 0 Å². The van der Waals surface area contributed by atoms with Crippen LogP contribution in [0.3, 0.4) is 0 Å². The van der Waals surface area contributed by atoms with Crippen LogP contribution in [0.4, 0.5) is 5.13 Å². The van der Waals surface area contributed by atoms with Gasteiger partial charge >= 0.3 is 11.9 Å². The van der Waals surface area contributed by atoms with Crippen LogP contribution in [-0.4, -0.2) is 53.9 Å². The van der Waals surface area contributed by atoms with Crippen molar-refractivity contribution in [1.29, 1.82) is 0 Å². The van der Waals surface area contributed by atoms with Gasteiger partial charge in [0.1, 0.15) is 19.0 Å². The number of aliphatic hydroxyl groups is 1. The summed E-state index contributed by atoms with van der Waals surface area (Å²) in [4.78, 5) is 56.7. The number of fused-ring (bicyclic) bond motifs is 1. The Morgan fingerprint density at radius 1 is 1.05 bits per heavy atom. The standard InChI is InChI=1S/C27H22N2O8S/c1-13-24(14(2)30)38-27(28-13)29-21(15-4-6-16(7-5-15)26(34)35-3)20(23(32)25(29)33)22(31)17-8-9-18-19(12-17)37-11-10-36-18/h4-9,12,21,31H,10-11H2,1-3H3. The average Bonchev–Trinajstić information content (AvgIpc) is 3.44. The number of Topliss-reactive ketones (excluding diaryl/α,β-unsaturated/α-hetero) is 2. The number of amides is 1. The van der Waals surface area contributed by atoms with E-state index < -0.39 is 29.5 Å². The number of aromatic nitrogens is 1. The van der Waals surface area contributed by atoms with E-state index in [4.69, 9.17) is 14.2 Å². The number of aliphatic hydroxyl groups excluding tert-OH is 1. The first-order valence-corrected chi connectivity index (χ1v) is 12.4. The number of methoxy groups -OCH3 is 1. The van der Waals surface area contributed by atoms with Crippen molar-refractivity contribution in [2.75, 3.05) is 25.2 Å². The number of hydrogen-bond donors (Lipinski definition) is 1. The Morgan fingerprint density at radius 3 is 2.34 bits per heavy atom. The molecule has 0 spiro atoms. The Hall–Kier alpha value is -4.51. The molecular formula is C27H22N2O8S. The minimum Gasteiger partial charge on any atom is -0.507 e. The van der Waals surface area contributed by atoms with E-state index in [1.54, 1.807) is 31.2 Å². The first-order valence-electron chi connectivity index (χ1n) is 11.6. The van der Waals surface area contributed by atoms with Gasteiger partial charge in [0.05, 0.1) is 34.9 Å². The zero-order chi connectivity index (χ0) is 27.1. The highest BCUT2D eigenvalue weighted by Gasteiger charge is 2.48. The molecule has 11 heteroatoms. The van der Waals surface area contributed by atoms with Crippen molar-refractivity contribution in [3.8, 4) is 11.5 Å². The molecule has 1 aromatic heterocycles. The molecule has 10 nitrogen and oxygen atoms in total. The van der Waals surface area contributed by atoms with E-state index in [0.29, 0.717) is 40.8 Å². The Balaban J connectivity index is 1.68. The summed E-state index contributed by atoms with van der Waals surface area (Å²) in [5, 5.41) is 11.5. The maximum absolute atomic E-state index is 13.4. The average molecular weight is 535 g/mol. The van der Waals surface area contributed by atoms with E-state index in [0.717, 1.165) is 11.3 Å². The molecule has 1 amide bonds. The molecule has 1 atom stereocenters. The fourth-order valence-electron chi connectivity index (χ4n) is 4.42. The molecule has 1 unspecified atom stereocenters. The normalized spacial score (nSPS) is 18.0. The van der Waals surface area contributed by atoms with E-state index in [1.165, 1.54) is 37.1 Å². The highest BCUT2D eigenvalue weighted by Crippen LogP contribution is 2.44. The number of aryl methyl sites for hydroxylation is 1. The Kier molecular flexibility index (Phi) is 6.45. The molecule has 2 aromatic carbocycles. The van der Waals surface area contributed by atoms with Gasteiger partial charge in [0, 0.05) is 12.5 Å². The van der Waals surface area contributed by atoms with Gasteiger partial charge in [-0.3, -0.25) is 19.3 Å². The van der Waals surface area contributed by atoms with Gasteiger partial charge in [-0.2, -0.15) is 0 Å². The lowest BCUT2D eigenvalue weighted by molar-refractivity contribution is -0.132. The first kappa shape index (κ1) is 25.2. The molecule has 3 heterocycles. The van der Waals surface area contributed by atoms with Crippen LogP contribution in [0.2, 0.25) is 0 Å². The van der Waals surface area contributed by atoms with Crippen molar-refractivity contribution in [2.24, 2.45) is 0 Å². The fourth-order valence-corrected chi connectivity index (χ4v) is 5.41. The molecule has 1 N–H and O–H groups in total. The number of benzene rings is 2. The van der Waals surface area contributed by atoms with E-state index in [2.05, 4.69) is 4.98 Å². The third kappa shape index (κ3) is 4.20. The molecule has 38 heavy (non-hydrogen) atoms. The van der Waals surface area contributed by atoms with Gasteiger partial charge in [-0.1, -0.05) is 23.5 Å². The Labute approximate surface area is 221 Å². The summed E-state index contributed by atoms with van der Waals surface area (Å²) < 4.78 is 15.9. The molecule has 0 bridgehead atoms. The zero-order valence-electron chi connectivity index (χ0n) is 20.6. The lowest BCUT2D eigenvalue weighted by atomic mass is 9.94. The number of thiazole rings is 1. The van der Waals surface area contributed by atoms with Crippen molar-refractivity contribution in [3.05, 3.63) is 75.3 Å². The second kappa shape index (κ2) is 9.75. The van der Waals surface area contributed by atoms with E-state index in [9.17, 15) is 24.3 Å². The summed E-state index contributed by atoms with van der Waals surface area (Å²) >= 11 is 0.986. The van der Waals surface area contributed by atoms with E-state index >= 15 is 0 Å². The summed E-state index contributed by atoms with van der Waals surface area (Å²) in [6.45, 7) is 3.75. The number of carbonyl (C=O) groups excluding carboxylic acids is 4. The van der Waals surface area contributed by atoms with Crippen molar-refractivity contribution in [1.82, 2.24) is 4.98 Å². The number of hydrogen-bond acceptors (Lipinski definition) is 10. The van der Waals surface area contributed by atoms with Crippen LogP contribution in [0.25, 0.3) is 5.76 Å². The SMILES string of the molecule is COC(=O)c1ccc(C2C(=C(O)c3ccc4c(c3)OCCO4)C(=O)C(=O)N2c2nc(C)c(C(C)=O)s2)cc1. The quantitative estimate of drug-likeness (QED) is 0.170. The van der Waals surface area contributed by atoms with Crippen LogP contribution in [-0.2, 0) is 14.3 Å². The molecule has 0 radical (unpaired) electrons. The Morgan fingerprint density at radius 2 is 1.71 bits per heavy atom. The molecule has 5 rings (SSSR count). The van der Waals surface area contributed by atoms with Crippen LogP contribution in [0, 0.1) is 6.92 Å².